The first kappa shape index (κ1) is 124. The van der Waals surface area contributed by atoms with Gasteiger partial charge in [0.15, 0.2) is 17.1 Å². The Labute approximate surface area is 872 Å². The van der Waals surface area contributed by atoms with Crippen molar-refractivity contribution in [3.05, 3.63) is 305 Å². The quantitative estimate of drug-likeness (QED) is 0.00458. The van der Waals surface area contributed by atoms with E-state index in [1.165, 1.54) is 84.4 Å². The Balaban J connectivity index is 0.000000432. The third-order valence-electron chi connectivity index (χ3n) is 21.1. The minimum absolute atomic E-state index is 0. The number of nitrogens with zero attached hydrogens (tertiary/aromatic N) is 8. The van der Waals surface area contributed by atoms with Gasteiger partial charge < -0.3 is 87.1 Å². The monoisotopic (exact) mass is 2260 g/mol. The van der Waals surface area contributed by atoms with Gasteiger partial charge in [-0.15, -0.1) is 0 Å². The summed E-state index contributed by atoms with van der Waals surface area (Å²) in [5, 5.41) is 84.1. The number of halogens is 5. The normalized spacial score (nSPS) is 13.1. The van der Waals surface area contributed by atoms with Crippen molar-refractivity contribution >= 4 is 151 Å². The Bertz CT molecular complexity index is 6010. The van der Waals surface area contributed by atoms with Crippen LogP contribution in [0.15, 0.2) is 204 Å². The average Bonchev–Trinajstić information content (AvgIpc) is 1.18. The Kier molecular flexibility index (Phi) is 54.4. The molecule has 14 rings (SSSR count). The van der Waals surface area contributed by atoms with E-state index in [9.17, 15) is 73.2 Å². The average molecular weight is 2260 g/mol. The number of Topliss-reactive ketones (excluding diaryl/α,β-unsaturated/α-hetero) is 2. The van der Waals surface area contributed by atoms with Crippen LogP contribution in [0, 0.1) is 27.7 Å². The van der Waals surface area contributed by atoms with Crippen molar-refractivity contribution in [3.63, 3.8) is 0 Å². The number of benzene rings is 8. The predicted molar refractivity (Wildman–Crippen MR) is 547 cm³/mol. The van der Waals surface area contributed by atoms with Gasteiger partial charge in [-0.2, -0.15) is 15.3 Å². The number of amides is 2. The number of aryl methyl sites for hydroxylation is 4. The number of carboxylic acid groups (broad SMARTS) is 4. The van der Waals surface area contributed by atoms with Gasteiger partial charge in [0.25, 0.3) is 11.8 Å². The molecular formula is C101H119Br5LiN11O23. The molecule has 0 bridgehead atoms. The standard InChI is InChI=1S/C24H24BrN3O4.C22H20BrN3O4.C14H13BrN2O4.C10H13NO.C8H7BrO2.C8H19N.C7H6BrNO2.C7H10O4.CH4.Li.2H2O/c1-3-32-24(31)21-10-15(2)28(26-21)22-9-8-18(25)12-20(22)23(30)27-13-17-7-5-4-6-16(17)11-19(27)14-29;1-13-8-19(22(29)30)24-26(13)20-7-6-16(23)10-18(20)21(28)25-11-15-5-3-2-4-14(15)9-17(25)12-27;1-3-21-14(20)11-6-8(2)17(16-11)12-5-4-9(15)7-10(12)13(18)19;12-7-10-5-8-3-1-2-4-9(8)6-11-10;1-5-2-3-6(9)4-7(5)8(10)11;1-3-5-7-9-8-6-4-2;8-4-1-2-6(9)5(3-4)7(10)11;1-3-11-7(10)6(9)4-5(2)8;;;;/h4-10,12,19,29H,3,11,13-14H2,1-2H3;2-8,10,17,27H,9,11-12H2,1H3,(H,29,30);4-7H,3H2,1-2H3,(H,18,19);1-4,10-12H,5-7H2;2-4H,1H3,(H,10,11);9H,3-8H2,1-2H3;1-3H,9H2,(H,10,11);3-4H2,1-2H3;1H4;;2*1H2/q;;;;;;;;;+1;;/p-1/t19-;17-;;10-;;;;;;;;/m00.0......../s1. The number of aliphatic hydroxyl groups is 3. The number of rotatable bonds is 26. The number of aromatic nitrogens is 6. The fraction of sp³-hybridized carbons (Fsp3) is 0.327. The number of aromatic carboxylic acids is 4. The molecule has 141 heavy (non-hydrogen) atoms. The van der Waals surface area contributed by atoms with Crippen LogP contribution in [0.3, 0.4) is 0 Å². The summed E-state index contributed by atoms with van der Waals surface area (Å²) < 4.78 is 22.4. The number of ether oxygens (including phenoxy) is 3. The summed E-state index contributed by atoms with van der Waals surface area (Å²) in [5.74, 6) is -7.62. The smallest absolute Gasteiger partial charge is 0.870 e. The number of carbonyl (C=O) groups excluding carboxylic acids is 7. The second kappa shape index (κ2) is 62.0. The second-order valence-electron chi connectivity index (χ2n) is 31.3. The largest absolute Gasteiger partial charge is 1.00 e. The van der Waals surface area contributed by atoms with Gasteiger partial charge in [0.1, 0.15) is 5.78 Å². The first-order valence-corrected chi connectivity index (χ1v) is 47.8. The fourth-order valence-corrected chi connectivity index (χ4v) is 16.0. The van der Waals surface area contributed by atoms with Crippen molar-refractivity contribution in [2.75, 3.05) is 58.5 Å². The zero-order chi connectivity index (χ0) is 101. The number of carbonyl (C=O) groups is 11. The molecule has 3 aliphatic heterocycles. The maximum absolute atomic E-state index is 13.7. The number of fused-ring (bicyclic) bond motifs is 3. The first-order valence-electron chi connectivity index (χ1n) is 43.8. The summed E-state index contributed by atoms with van der Waals surface area (Å²) >= 11 is 16.5. The molecule has 14 N–H and O–H groups in total. The number of nitrogen functional groups attached to an aromatic ring is 1. The van der Waals surface area contributed by atoms with E-state index < -0.39 is 47.6 Å². The van der Waals surface area contributed by atoms with Crippen LogP contribution >= 0.6 is 79.6 Å². The van der Waals surface area contributed by atoms with Crippen molar-refractivity contribution in [2.24, 2.45) is 0 Å². The predicted octanol–water partition coefficient (Wildman–Crippen LogP) is 13.5. The number of unbranched alkanes of at least 4 members (excludes halogenated alkanes) is 2. The zero-order valence-corrected chi connectivity index (χ0v) is 87.3. The topological polar surface area (TPSA) is 529 Å². The number of aliphatic hydroxyl groups excluding tert-OH is 3. The Morgan fingerprint density at radius 2 is 0.787 bits per heavy atom. The van der Waals surface area contributed by atoms with E-state index in [0.29, 0.717) is 85.7 Å². The van der Waals surface area contributed by atoms with E-state index in [1.807, 2.05) is 67.6 Å². The minimum Gasteiger partial charge on any atom is -0.870 e. The van der Waals surface area contributed by atoms with Gasteiger partial charge in [-0.1, -0.05) is 193 Å². The van der Waals surface area contributed by atoms with Gasteiger partial charge in [-0.3, -0.25) is 19.2 Å². The fourth-order valence-electron chi connectivity index (χ4n) is 14.2. The van der Waals surface area contributed by atoms with E-state index >= 15 is 0 Å². The molecule has 0 spiro atoms. The third kappa shape index (κ3) is 36.8. The molecule has 0 unspecified atom stereocenters. The maximum Gasteiger partial charge on any atom is 1.00 e. The summed E-state index contributed by atoms with van der Waals surface area (Å²) in [6.45, 7) is 22.5. The summed E-state index contributed by atoms with van der Waals surface area (Å²) in [4.78, 5) is 130. The van der Waals surface area contributed by atoms with Gasteiger partial charge in [0, 0.05) is 70.8 Å². The second-order valence-corrected chi connectivity index (χ2v) is 35.9. The van der Waals surface area contributed by atoms with Crippen LogP contribution in [0.1, 0.15) is 220 Å². The summed E-state index contributed by atoms with van der Waals surface area (Å²) in [6, 6.07) is 53.8. The molecule has 3 aromatic heterocycles. The molecule has 2 amide bonds. The van der Waals surface area contributed by atoms with E-state index in [-0.39, 0.29) is 153 Å². The van der Waals surface area contributed by atoms with Crippen molar-refractivity contribution < 1.29 is 133 Å². The minimum atomic E-state index is -1.13. The molecule has 34 nitrogen and oxygen atoms in total. The molecule has 8 aromatic carbocycles. The van der Waals surface area contributed by atoms with Gasteiger partial charge in [-0.25, -0.2) is 47.6 Å². The molecule has 0 saturated heterocycles. The number of ketones is 2. The number of carboxylic acids is 4. The summed E-state index contributed by atoms with van der Waals surface area (Å²) in [7, 11) is 0. The number of anilines is 1. The van der Waals surface area contributed by atoms with Gasteiger partial charge >= 0.3 is 60.6 Å². The summed E-state index contributed by atoms with van der Waals surface area (Å²) in [5.41, 5.74) is 18.6. The SMILES string of the molecule is C.CCCCNCCCC.CCOC(=O)C(=O)CC(C)=O.CCOC(=O)c1cc(C)n(-c2ccc(Br)cc2C(=O)N2Cc3ccccc3C[C@H]2CO)n1.CCOC(=O)c1cc(C)n(-c2ccc(Br)cc2C(=O)O)n1.Cc1cc(C(=O)O)nn1-c1ccc(Br)cc1C(=O)N1Cc2ccccc2C[C@H]1CO.Cc1ccc(Br)cc1C(=O)O.Nc1ccc(Br)cc1C(=O)O.O.OC[C@@H]1Cc2ccccc2CN1.[Li+].[OH-]. The number of nitrogens with two attached hydrogens (primary N) is 1. The maximum atomic E-state index is 13.7. The van der Waals surface area contributed by atoms with Gasteiger partial charge in [-0.05, 0) is 243 Å². The number of hydrogen-bond donors (Lipinski definition) is 10. The molecule has 11 aromatic rings. The van der Waals surface area contributed by atoms with Crippen molar-refractivity contribution in [1.29, 1.82) is 0 Å². The number of nitrogens with one attached hydrogen (secondary N) is 2. The Hall–Kier alpha value is -11.5. The zero-order valence-electron chi connectivity index (χ0n) is 79.3. The van der Waals surface area contributed by atoms with Crippen LogP contribution < -0.4 is 35.2 Å². The van der Waals surface area contributed by atoms with Crippen LogP contribution in [-0.4, -0.2) is 222 Å². The van der Waals surface area contributed by atoms with Crippen LogP contribution in [0.25, 0.3) is 17.1 Å². The molecule has 40 heteroatoms. The van der Waals surface area contributed by atoms with Crippen molar-refractivity contribution in [2.45, 2.75) is 166 Å². The molecule has 3 atom stereocenters. The summed E-state index contributed by atoms with van der Waals surface area (Å²) in [6.07, 6.45) is 7.01. The number of hydrogen-bond acceptors (Lipinski definition) is 24. The van der Waals surface area contributed by atoms with Crippen LogP contribution in [0.2, 0.25) is 0 Å². The molecule has 0 radical (unpaired) electrons. The molecule has 0 saturated carbocycles. The first-order chi connectivity index (χ1) is 65.3. The van der Waals surface area contributed by atoms with Crippen LogP contribution in [0.5, 0.6) is 0 Å². The van der Waals surface area contributed by atoms with E-state index in [1.54, 1.807) is 135 Å². The molecule has 3 aliphatic rings. The molecule has 0 fully saturated rings. The van der Waals surface area contributed by atoms with E-state index in [0.717, 1.165) is 54.2 Å². The van der Waals surface area contributed by atoms with E-state index in [2.05, 4.69) is 148 Å². The van der Waals surface area contributed by atoms with Crippen LogP contribution in [0.4, 0.5) is 5.69 Å². The molecular weight excluding hydrogens is 2140 g/mol. The van der Waals surface area contributed by atoms with E-state index in [4.69, 9.17) is 30.5 Å². The third-order valence-corrected chi connectivity index (χ3v) is 23.6. The molecule has 6 heterocycles. The van der Waals surface area contributed by atoms with Gasteiger partial charge in [0.05, 0.1) is 103 Å². The van der Waals surface area contributed by atoms with Crippen molar-refractivity contribution in [1.82, 2.24) is 49.8 Å². The van der Waals surface area contributed by atoms with Crippen molar-refractivity contribution in [3.8, 4) is 17.1 Å². The van der Waals surface area contributed by atoms with Crippen LogP contribution in [-0.2, 0) is 67.5 Å². The molecule has 0 aliphatic carbocycles. The Morgan fingerprint density at radius 3 is 1.14 bits per heavy atom. The molecule has 752 valence electrons. The van der Waals surface area contributed by atoms with Gasteiger partial charge in [0.2, 0.25) is 5.78 Å². The Morgan fingerprint density at radius 1 is 0.440 bits per heavy atom. The number of esters is 3.